The summed E-state index contributed by atoms with van der Waals surface area (Å²) in [5.74, 6) is -1.03. The highest BCUT2D eigenvalue weighted by Crippen LogP contribution is 2.28. The molecular weight excluding hydrogens is 325 g/mol. The number of nitrogens with zero attached hydrogens (tertiary/aromatic N) is 1. The molecule has 1 aromatic carbocycles. The number of benzene rings is 1. The van der Waals surface area contributed by atoms with Crippen LogP contribution in [-0.4, -0.2) is 42.8 Å². The van der Waals surface area contributed by atoms with E-state index in [-0.39, 0.29) is 11.7 Å². The first kappa shape index (κ1) is 19.0. The molecule has 0 bridgehead atoms. The summed E-state index contributed by atoms with van der Waals surface area (Å²) in [5.41, 5.74) is 1.59. The van der Waals surface area contributed by atoms with Gasteiger partial charge in [0.2, 0.25) is 0 Å². The lowest BCUT2D eigenvalue weighted by atomic mass is 9.95. The Morgan fingerprint density at radius 3 is 2.44 bits per heavy atom. The van der Waals surface area contributed by atoms with Gasteiger partial charge in [-0.15, -0.1) is 0 Å². The molecule has 0 aliphatic carbocycles. The van der Waals surface area contributed by atoms with Crippen LogP contribution in [0, 0.1) is 12.7 Å². The largest absolute Gasteiger partial charge is 0.465 e. The quantitative estimate of drug-likeness (QED) is 0.759. The molecule has 0 radical (unpaired) electrons. The molecule has 0 saturated heterocycles. The number of halogens is 1. The molecule has 0 atom stereocenters. The van der Waals surface area contributed by atoms with Crippen molar-refractivity contribution in [3.63, 3.8) is 0 Å². The van der Waals surface area contributed by atoms with Crippen LogP contribution in [0.1, 0.15) is 48.7 Å². The second kappa shape index (κ2) is 7.25. The Kier molecular flexibility index (Phi) is 5.50. The van der Waals surface area contributed by atoms with Crippen molar-refractivity contribution >= 4 is 17.6 Å². The van der Waals surface area contributed by atoms with Crippen LogP contribution >= 0.6 is 0 Å². The average molecular weight is 349 g/mol. The van der Waals surface area contributed by atoms with Gasteiger partial charge >= 0.3 is 12.1 Å². The predicted molar refractivity (Wildman–Crippen MR) is 92.9 cm³/mol. The van der Waals surface area contributed by atoms with Crippen LogP contribution in [0.5, 0.6) is 0 Å². The summed E-state index contributed by atoms with van der Waals surface area (Å²) in [7, 11) is 1.27. The third-order valence-corrected chi connectivity index (χ3v) is 3.93. The van der Waals surface area contributed by atoms with Crippen molar-refractivity contribution in [1.29, 1.82) is 0 Å². The Morgan fingerprint density at radius 1 is 1.24 bits per heavy atom. The first-order valence-corrected chi connectivity index (χ1v) is 8.18. The summed E-state index contributed by atoms with van der Waals surface area (Å²) in [4.78, 5) is 25.3. The van der Waals surface area contributed by atoms with Crippen molar-refractivity contribution in [1.82, 2.24) is 4.90 Å². The van der Waals surface area contributed by atoms with E-state index in [0.29, 0.717) is 30.6 Å². The Labute approximate surface area is 147 Å². The number of carbonyl (C=O) groups is 2. The Morgan fingerprint density at radius 2 is 1.92 bits per heavy atom. The minimum Gasteiger partial charge on any atom is -0.465 e. The fourth-order valence-corrected chi connectivity index (χ4v) is 2.66. The van der Waals surface area contributed by atoms with Crippen LogP contribution in [0.3, 0.4) is 0 Å². The maximum absolute atomic E-state index is 14.4. The lowest BCUT2D eigenvalue weighted by molar-refractivity contribution is 0.0270. The maximum Gasteiger partial charge on any atom is 0.410 e. The minimum atomic E-state index is -0.559. The summed E-state index contributed by atoms with van der Waals surface area (Å²) in [6.07, 6.45) is 1.97. The third-order valence-electron chi connectivity index (χ3n) is 3.93. The molecule has 2 rings (SSSR count). The molecule has 1 aliphatic rings. The molecule has 0 unspecified atom stereocenters. The lowest BCUT2D eigenvalue weighted by Gasteiger charge is -2.29. The molecule has 0 aromatic heterocycles. The van der Waals surface area contributed by atoms with Gasteiger partial charge in [0.25, 0.3) is 0 Å². The van der Waals surface area contributed by atoms with Gasteiger partial charge in [-0.05, 0) is 57.4 Å². The van der Waals surface area contributed by atoms with Gasteiger partial charge < -0.3 is 14.4 Å². The summed E-state index contributed by atoms with van der Waals surface area (Å²) in [6, 6.07) is 2.86. The number of hydrogen-bond acceptors (Lipinski definition) is 4. The number of hydrogen-bond donors (Lipinski definition) is 0. The van der Waals surface area contributed by atoms with E-state index in [2.05, 4.69) is 4.74 Å². The van der Waals surface area contributed by atoms with Gasteiger partial charge in [0.15, 0.2) is 0 Å². The van der Waals surface area contributed by atoms with Crippen LogP contribution in [0.15, 0.2) is 18.2 Å². The second-order valence-corrected chi connectivity index (χ2v) is 7.04. The number of amides is 1. The standard InChI is InChI=1S/C19H24FNO4/c1-12-10-15(16(20)11-14(12)17(22)24-5)13-6-8-21(9-7-13)18(23)25-19(2,3)4/h6,10-11H,7-9H2,1-5H3. The van der Waals surface area contributed by atoms with E-state index < -0.39 is 17.4 Å². The molecule has 6 heteroatoms. The lowest BCUT2D eigenvalue weighted by Crippen LogP contribution is -2.39. The highest BCUT2D eigenvalue weighted by Gasteiger charge is 2.25. The van der Waals surface area contributed by atoms with Crippen molar-refractivity contribution in [2.45, 2.75) is 39.7 Å². The van der Waals surface area contributed by atoms with Gasteiger partial charge in [-0.25, -0.2) is 14.0 Å². The summed E-state index contributed by atoms with van der Waals surface area (Å²) in [5, 5.41) is 0. The van der Waals surface area contributed by atoms with E-state index in [1.807, 2.05) is 26.8 Å². The van der Waals surface area contributed by atoms with Crippen molar-refractivity contribution in [3.05, 3.63) is 40.7 Å². The van der Waals surface area contributed by atoms with Crippen LogP contribution in [0.2, 0.25) is 0 Å². The molecule has 0 spiro atoms. The summed E-state index contributed by atoms with van der Waals surface area (Å²) >= 11 is 0. The van der Waals surface area contributed by atoms with Crippen molar-refractivity contribution in [2.24, 2.45) is 0 Å². The fraction of sp³-hybridized carbons (Fsp3) is 0.474. The molecule has 0 saturated carbocycles. The molecule has 1 aliphatic heterocycles. The van der Waals surface area contributed by atoms with Gasteiger partial charge in [0.05, 0.1) is 12.7 Å². The number of methoxy groups -OCH3 is 1. The summed E-state index contributed by atoms with van der Waals surface area (Å²) < 4.78 is 24.4. The van der Waals surface area contributed by atoms with E-state index in [4.69, 9.17) is 4.74 Å². The van der Waals surface area contributed by atoms with Crippen molar-refractivity contribution in [2.75, 3.05) is 20.2 Å². The minimum absolute atomic E-state index is 0.218. The topological polar surface area (TPSA) is 55.8 Å². The number of carbonyl (C=O) groups excluding carboxylic acids is 2. The molecule has 1 aromatic rings. The Bertz CT molecular complexity index is 719. The monoisotopic (exact) mass is 349 g/mol. The van der Waals surface area contributed by atoms with E-state index in [0.717, 1.165) is 5.57 Å². The number of aryl methyl sites for hydroxylation is 1. The molecule has 1 heterocycles. The van der Waals surface area contributed by atoms with Crippen LogP contribution < -0.4 is 0 Å². The fourth-order valence-electron chi connectivity index (χ4n) is 2.66. The zero-order valence-electron chi connectivity index (χ0n) is 15.3. The number of ether oxygens (including phenoxy) is 2. The average Bonchev–Trinajstić information content (AvgIpc) is 2.54. The van der Waals surface area contributed by atoms with Gasteiger partial charge in [0.1, 0.15) is 11.4 Å². The molecule has 5 nitrogen and oxygen atoms in total. The number of esters is 1. The maximum atomic E-state index is 14.4. The van der Waals surface area contributed by atoms with Gasteiger partial charge in [-0.2, -0.15) is 0 Å². The molecule has 1 amide bonds. The van der Waals surface area contributed by atoms with Crippen LogP contribution in [-0.2, 0) is 9.47 Å². The SMILES string of the molecule is COC(=O)c1cc(F)c(C2=CCN(C(=O)OC(C)(C)C)CC2)cc1C. The Balaban J connectivity index is 2.18. The van der Waals surface area contributed by atoms with E-state index in [1.165, 1.54) is 13.2 Å². The van der Waals surface area contributed by atoms with E-state index in [1.54, 1.807) is 17.9 Å². The van der Waals surface area contributed by atoms with Crippen molar-refractivity contribution < 1.29 is 23.5 Å². The third kappa shape index (κ3) is 4.59. The second-order valence-electron chi connectivity index (χ2n) is 7.04. The molecular formula is C19H24FNO4. The zero-order valence-corrected chi connectivity index (χ0v) is 15.3. The van der Waals surface area contributed by atoms with Crippen LogP contribution in [0.25, 0.3) is 5.57 Å². The predicted octanol–water partition coefficient (Wildman–Crippen LogP) is 3.94. The van der Waals surface area contributed by atoms with E-state index >= 15 is 0 Å². The molecule has 0 fully saturated rings. The number of rotatable bonds is 2. The van der Waals surface area contributed by atoms with E-state index in [9.17, 15) is 14.0 Å². The summed E-state index contributed by atoms with van der Waals surface area (Å²) in [6.45, 7) is 8.01. The van der Waals surface area contributed by atoms with Gasteiger partial charge in [-0.1, -0.05) is 6.08 Å². The first-order chi connectivity index (χ1) is 11.6. The van der Waals surface area contributed by atoms with Gasteiger partial charge in [0, 0.05) is 18.7 Å². The normalized spacial score (nSPS) is 14.8. The van der Waals surface area contributed by atoms with Crippen LogP contribution in [0.4, 0.5) is 9.18 Å². The Hall–Kier alpha value is -2.37. The first-order valence-electron chi connectivity index (χ1n) is 8.18. The van der Waals surface area contributed by atoms with Crippen molar-refractivity contribution in [3.8, 4) is 0 Å². The highest BCUT2D eigenvalue weighted by atomic mass is 19.1. The smallest absolute Gasteiger partial charge is 0.410 e. The molecule has 25 heavy (non-hydrogen) atoms. The zero-order chi connectivity index (χ0) is 18.8. The van der Waals surface area contributed by atoms with Gasteiger partial charge in [-0.3, -0.25) is 0 Å². The highest BCUT2D eigenvalue weighted by molar-refractivity contribution is 5.91. The molecule has 136 valence electrons. The molecule has 0 N–H and O–H groups in total.